The Morgan fingerprint density at radius 3 is 2.42 bits per heavy atom. The minimum absolute atomic E-state index is 0.253. The fourth-order valence-electron chi connectivity index (χ4n) is 3.98. The molecule has 0 unspecified atom stereocenters. The quantitative estimate of drug-likeness (QED) is 0.547. The van der Waals surface area contributed by atoms with E-state index < -0.39 is 29.6 Å². The van der Waals surface area contributed by atoms with Gasteiger partial charge in [0, 0.05) is 35.6 Å². The smallest absolute Gasteiger partial charge is 0.411 e. The van der Waals surface area contributed by atoms with Crippen molar-refractivity contribution in [3.8, 4) is 11.6 Å². The standard InChI is InChI=1S/C27H28N4O5/c1-27(2,3)36-26(34)31-16-14-19-20(7-6-8-21(19)35-22-9-4-5-15-29-22)23(31)25(33)30-18-12-10-17(11-13-18)24(28)32/h4-13,15,23H,14,16H2,1-3H3,(H2,28,32)(H,30,33)/t23-/m0/s1. The van der Waals surface area contributed by atoms with Crippen molar-refractivity contribution in [3.05, 3.63) is 83.6 Å². The van der Waals surface area contributed by atoms with Crippen molar-refractivity contribution < 1.29 is 23.9 Å². The molecule has 1 atom stereocenters. The van der Waals surface area contributed by atoms with Crippen molar-refractivity contribution in [2.75, 3.05) is 11.9 Å². The molecule has 4 rings (SSSR count). The number of benzene rings is 2. The molecule has 3 amide bonds. The maximum absolute atomic E-state index is 13.6. The highest BCUT2D eigenvalue weighted by atomic mass is 16.6. The monoisotopic (exact) mass is 488 g/mol. The van der Waals surface area contributed by atoms with Crippen molar-refractivity contribution in [1.82, 2.24) is 9.88 Å². The van der Waals surface area contributed by atoms with Gasteiger partial charge in [0.1, 0.15) is 17.4 Å². The van der Waals surface area contributed by atoms with Crippen LogP contribution in [0.2, 0.25) is 0 Å². The van der Waals surface area contributed by atoms with Gasteiger partial charge in [0.2, 0.25) is 11.8 Å². The van der Waals surface area contributed by atoms with Gasteiger partial charge in [0.15, 0.2) is 0 Å². The molecule has 1 aromatic heterocycles. The van der Waals surface area contributed by atoms with Crippen LogP contribution in [0.3, 0.4) is 0 Å². The number of hydrogen-bond acceptors (Lipinski definition) is 6. The summed E-state index contributed by atoms with van der Waals surface area (Å²) in [5.74, 6) is 0.00362. The number of fused-ring (bicyclic) bond motifs is 1. The van der Waals surface area contributed by atoms with E-state index in [2.05, 4.69) is 10.3 Å². The first-order valence-electron chi connectivity index (χ1n) is 11.5. The van der Waals surface area contributed by atoms with Gasteiger partial charge < -0.3 is 20.5 Å². The van der Waals surface area contributed by atoms with Crippen LogP contribution in [0.4, 0.5) is 10.5 Å². The number of carbonyl (C=O) groups excluding carboxylic acids is 3. The Balaban J connectivity index is 1.69. The zero-order valence-corrected chi connectivity index (χ0v) is 20.4. The Labute approximate surface area is 209 Å². The Kier molecular flexibility index (Phi) is 6.91. The topological polar surface area (TPSA) is 124 Å². The van der Waals surface area contributed by atoms with Crippen LogP contribution in [0.25, 0.3) is 0 Å². The lowest BCUT2D eigenvalue weighted by Crippen LogP contribution is -2.47. The summed E-state index contributed by atoms with van der Waals surface area (Å²) in [6.45, 7) is 5.58. The van der Waals surface area contributed by atoms with E-state index in [1.165, 1.54) is 17.0 Å². The Morgan fingerprint density at radius 1 is 1.03 bits per heavy atom. The Hall–Kier alpha value is -4.40. The zero-order valence-electron chi connectivity index (χ0n) is 20.4. The Bertz CT molecular complexity index is 1270. The van der Waals surface area contributed by atoms with Crippen molar-refractivity contribution >= 4 is 23.6 Å². The second kappa shape index (κ2) is 10.1. The minimum Gasteiger partial charge on any atom is -0.444 e. The predicted molar refractivity (Wildman–Crippen MR) is 134 cm³/mol. The molecule has 2 aromatic carbocycles. The number of amides is 3. The van der Waals surface area contributed by atoms with Crippen LogP contribution in [0.5, 0.6) is 11.6 Å². The fraction of sp³-hybridized carbons (Fsp3) is 0.259. The van der Waals surface area contributed by atoms with E-state index in [4.69, 9.17) is 15.2 Å². The first-order chi connectivity index (χ1) is 17.1. The van der Waals surface area contributed by atoms with E-state index in [0.29, 0.717) is 34.9 Å². The van der Waals surface area contributed by atoms with Gasteiger partial charge in [-0.15, -0.1) is 0 Å². The highest BCUT2D eigenvalue weighted by Crippen LogP contribution is 2.38. The van der Waals surface area contributed by atoms with E-state index in [1.807, 2.05) is 12.1 Å². The second-order valence-electron chi connectivity index (χ2n) is 9.35. The van der Waals surface area contributed by atoms with Crippen molar-refractivity contribution in [1.29, 1.82) is 0 Å². The number of nitrogens with two attached hydrogens (primary N) is 1. The molecule has 2 heterocycles. The second-order valence-corrected chi connectivity index (χ2v) is 9.35. The SMILES string of the molecule is CC(C)(C)OC(=O)N1CCc2c(Oc3ccccn3)cccc2[C@H]1C(=O)Nc1ccc(C(N)=O)cc1. The molecule has 1 aliphatic heterocycles. The van der Waals surface area contributed by atoms with Crippen LogP contribution < -0.4 is 15.8 Å². The van der Waals surface area contributed by atoms with Crippen LogP contribution in [0.1, 0.15) is 48.3 Å². The third kappa shape index (κ3) is 5.63. The molecule has 9 nitrogen and oxygen atoms in total. The highest BCUT2D eigenvalue weighted by molar-refractivity contribution is 5.99. The van der Waals surface area contributed by atoms with E-state index in [1.54, 1.807) is 63.4 Å². The molecular weight excluding hydrogens is 460 g/mol. The number of primary amides is 1. The molecule has 0 saturated carbocycles. The lowest BCUT2D eigenvalue weighted by atomic mass is 9.91. The fourth-order valence-corrected chi connectivity index (χ4v) is 3.98. The van der Waals surface area contributed by atoms with Gasteiger partial charge in [-0.3, -0.25) is 14.5 Å². The number of nitrogens with zero attached hydrogens (tertiary/aromatic N) is 2. The number of hydrogen-bond donors (Lipinski definition) is 2. The number of aromatic nitrogens is 1. The summed E-state index contributed by atoms with van der Waals surface area (Å²) in [7, 11) is 0. The van der Waals surface area contributed by atoms with Crippen LogP contribution in [-0.2, 0) is 16.0 Å². The Morgan fingerprint density at radius 2 is 1.78 bits per heavy atom. The van der Waals surface area contributed by atoms with Gasteiger partial charge in [-0.05, 0) is 69.2 Å². The first-order valence-corrected chi connectivity index (χ1v) is 11.5. The molecule has 186 valence electrons. The van der Waals surface area contributed by atoms with Crippen molar-refractivity contribution in [2.45, 2.75) is 38.8 Å². The number of anilines is 1. The summed E-state index contributed by atoms with van der Waals surface area (Å²) in [6.07, 6.45) is 1.51. The number of ether oxygens (including phenoxy) is 2. The maximum atomic E-state index is 13.6. The normalized spacial score (nSPS) is 15.0. The molecule has 1 aliphatic rings. The minimum atomic E-state index is -0.966. The van der Waals surface area contributed by atoms with Crippen LogP contribution >= 0.6 is 0 Å². The molecular formula is C27H28N4O5. The zero-order chi connectivity index (χ0) is 25.9. The van der Waals surface area contributed by atoms with Gasteiger partial charge in [-0.1, -0.05) is 18.2 Å². The number of rotatable bonds is 5. The third-order valence-electron chi connectivity index (χ3n) is 5.54. The van der Waals surface area contributed by atoms with Gasteiger partial charge in [0.25, 0.3) is 5.91 Å². The molecule has 3 N–H and O–H groups in total. The summed E-state index contributed by atoms with van der Waals surface area (Å²) in [4.78, 5) is 43.7. The van der Waals surface area contributed by atoms with Crippen LogP contribution in [0, 0.1) is 0 Å². The van der Waals surface area contributed by atoms with Crippen LogP contribution in [0.15, 0.2) is 66.9 Å². The predicted octanol–water partition coefficient (Wildman–Crippen LogP) is 4.45. The number of nitrogens with one attached hydrogen (secondary N) is 1. The molecule has 3 aromatic rings. The molecule has 0 bridgehead atoms. The van der Waals surface area contributed by atoms with Crippen molar-refractivity contribution in [2.24, 2.45) is 5.73 Å². The van der Waals surface area contributed by atoms with Gasteiger partial charge in [0.05, 0.1) is 0 Å². The molecule has 0 saturated heterocycles. The summed E-state index contributed by atoms with van der Waals surface area (Å²) >= 11 is 0. The van der Waals surface area contributed by atoms with Crippen molar-refractivity contribution in [3.63, 3.8) is 0 Å². The van der Waals surface area contributed by atoms with Gasteiger partial charge >= 0.3 is 6.09 Å². The van der Waals surface area contributed by atoms with E-state index in [9.17, 15) is 14.4 Å². The summed E-state index contributed by atoms with van der Waals surface area (Å²) < 4.78 is 11.6. The molecule has 0 aliphatic carbocycles. The van der Waals surface area contributed by atoms with E-state index in [0.717, 1.165) is 5.56 Å². The summed E-state index contributed by atoms with van der Waals surface area (Å²) in [5.41, 5.74) is 6.80. The van der Waals surface area contributed by atoms with E-state index in [-0.39, 0.29) is 6.54 Å². The summed E-state index contributed by atoms with van der Waals surface area (Å²) in [5, 5.41) is 2.84. The molecule has 0 radical (unpaired) electrons. The number of carbonyl (C=O) groups is 3. The highest BCUT2D eigenvalue weighted by Gasteiger charge is 2.39. The van der Waals surface area contributed by atoms with Gasteiger partial charge in [-0.2, -0.15) is 0 Å². The van der Waals surface area contributed by atoms with E-state index >= 15 is 0 Å². The van der Waals surface area contributed by atoms with Crippen LogP contribution in [-0.4, -0.2) is 39.9 Å². The summed E-state index contributed by atoms with van der Waals surface area (Å²) in [6, 6.07) is 16.0. The average molecular weight is 489 g/mol. The maximum Gasteiger partial charge on any atom is 0.411 e. The molecule has 0 fully saturated rings. The molecule has 36 heavy (non-hydrogen) atoms. The molecule has 9 heteroatoms. The average Bonchev–Trinajstić information content (AvgIpc) is 2.83. The lowest BCUT2D eigenvalue weighted by Gasteiger charge is -2.37. The lowest BCUT2D eigenvalue weighted by molar-refractivity contribution is -0.122. The first kappa shape index (κ1) is 24.7. The molecule has 0 spiro atoms. The largest absolute Gasteiger partial charge is 0.444 e. The van der Waals surface area contributed by atoms with Gasteiger partial charge in [-0.25, -0.2) is 9.78 Å². The third-order valence-corrected chi connectivity index (χ3v) is 5.54. The number of pyridine rings is 1.